The summed E-state index contributed by atoms with van der Waals surface area (Å²) in [6.07, 6.45) is 2.14. The molecule has 0 radical (unpaired) electrons. The summed E-state index contributed by atoms with van der Waals surface area (Å²) < 4.78 is 0. The van der Waals surface area contributed by atoms with Crippen molar-refractivity contribution in [1.82, 2.24) is 0 Å². The fourth-order valence-corrected chi connectivity index (χ4v) is 1.51. The van der Waals surface area contributed by atoms with E-state index in [4.69, 9.17) is 0 Å². The van der Waals surface area contributed by atoms with E-state index in [2.05, 4.69) is 58.5 Å². The Morgan fingerprint density at radius 3 is 2.36 bits per heavy atom. The second-order valence-electron chi connectivity index (χ2n) is 3.80. The molecule has 1 aromatic carbocycles. The van der Waals surface area contributed by atoms with Crippen LogP contribution in [-0.2, 0) is 0 Å². The van der Waals surface area contributed by atoms with Gasteiger partial charge in [-0.3, -0.25) is 0 Å². The van der Waals surface area contributed by atoms with Gasteiger partial charge in [-0.25, -0.2) is 0 Å². The third kappa shape index (κ3) is 2.14. The van der Waals surface area contributed by atoms with Gasteiger partial charge in [0.2, 0.25) is 0 Å². The zero-order chi connectivity index (χ0) is 10.7. The fourth-order valence-electron chi connectivity index (χ4n) is 1.51. The number of benzene rings is 1. The van der Waals surface area contributed by atoms with Crippen LogP contribution >= 0.6 is 0 Å². The molecule has 0 nitrogen and oxygen atoms in total. The van der Waals surface area contributed by atoms with Crippen LogP contribution in [0.1, 0.15) is 37.5 Å². The number of hydrogen-bond acceptors (Lipinski definition) is 0. The van der Waals surface area contributed by atoms with E-state index in [0.29, 0.717) is 0 Å². The Bertz CT molecular complexity index is 381. The summed E-state index contributed by atoms with van der Waals surface area (Å²) in [5, 5.41) is 0. The van der Waals surface area contributed by atoms with E-state index in [1.807, 2.05) is 0 Å². The third-order valence-corrected chi connectivity index (χ3v) is 2.49. The normalized spacial score (nSPS) is 11.6. The van der Waals surface area contributed by atoms with Crippen LogP contribution in [0.2, 0.25) is 0 Å². The van der Waals surface area contributed by atoms with Crippen molar-refractivity contribution in [2.75, 3.05) is 0 Å². The average Bonchev–Trinajstić information content (AvgIpc) is 2.16. The summed E-state index contributed by atoms with van der Waals surface area (Å²) in [6, 6.07) is 6.51. The van der Waals surface area contributed by atoms with E-state index in [9.17, 15) is 0 Å². The van der Waals surface area contributed by atoms with Crippen molar-refractivity contribution in [2.45, 2.75) is 27.7 Å². The number of allylic oxidation sites excluding steroid dienone is 3. The molecule has 0 amide bonds. The maximum absolute atomic E-state index is 4.01. The first-order valence-corrected chi connectivity index (χ1v) is 4.96. The quantitative estimate of drug-likeness (QED) is 0.640. The fraction of sp³-hybridized carbons (Fsp3) is 0.286. The molecular formula is C14H18. The van der Waals surface area contributed by atoms with Gasteiger partial charge in [0, 0.05) is 0 Å². The van der Waals surface area contributed by atoms with Gasteiger partial charge in [0.05, 0.1) is 0 Å². The Morgan fingerprint density at radius 1 is 1.21 bits per heavy atom. The topological polar surface area (TPSA) is 0 Å². The first kappa shape index (κ1) is 10.8. The van der Waals surface area contributed by atoms with E-state index in [1.54, 1.807) is 0 Å². The maximum atomic E-state index is 4.01. The second kappa shape index (κ2) is 4.28. The molecule has 0 heterocycles. The van der Waals surface area contributed by atoms with Crippen LogP contribution in [0.3, 0.4) is 0 Å². The molecular weight excluding hydrogens is 168 g/mol. The van der Waals surface area contributed by atoms with Gasteiger partial charge in [0.25, 0.3) is 0 Å². The molecule has 14 heavy (non-hydrogen) atoms. The molecule has 0 N–H and O–H groups in total. The van der Waals surface area contributed by atoms with Crippen LogP contribution in [0.25, 0.3) is 11.1 Å². The Hall–Kier alpha value is -1.30. The molecule has 0 bridgehead atoms. The minimum absolute atomic E-state index is 1.13. The van der Waals surface area contributed by atoms with Gasteiger partial charge < -0.3 is 0 Å². The van der Waals surface area contributed by atoms with Crippen molar-refractivity contribution in [2.24, 2.45) is 0 Å². The van der Waals surface area contributed by atoms with Crippen LogP contribution in [0.15, 0.2) is 30.9 Å². The van der Waals surface area contributed by atoms with Crippen molar-refractivity contribution < 1.29 is 0 Å². The molecule has 1 rings (SSSR count). The predicted molar refractivity (Wildman–Crippen MR) is 65.2 cm³/mol. The molecule has 0 aliphatic carbocycles. The van der Waals surface area contributed by atoms with E-state index in [-0.39, 0.29) is 0 Å². The molecule has 74 valence electrons. The average molecular weight is 186 g/mol. The molecule has 0 fully saturated rings. The molecule has 0 aromatic heterocycles. The minimum atomic E-state index is 1.13. The standard InChI is InChI=1S/C14H18/c1-6-12(5)14-9-11(4)7-8-13(14)10(2)3/h6-9H,2H2,1,3-5H3/b12-6-. The van der Waals surface area contributed by atoms with Gasteiger partial charge in [0.1, 0.15) is 0 Å². The third-order valence-electron chi connectivity index (χ3n) is 2.49. The van der Waals surface area contributed by atoms with E-state index in [0.717, 1.165) is 5.57 Å². The van der Waals surface area contributed by atoms with E-state index < -0.39 is 0 Å². The van der Waals surface area contributed by atoms with Crippen LogP contribution in [0.5, 0.6) is 0 Å². The van der Waals surface area contributed by atoms with Gasteiger partial charge in [-0.05, 0) is 44.4 Å². The Labute approximate surface area is 87.0 Å². The molecule has 1 aromatic rings. The highest BCUT2D eigenvalue weighted by molar-refractivity contribution is 5.77. The number of rotatable bonds is 2. The Kier molecular flexibility index (Phi) is 3.29. The summed E-state index contributed by atoms with van der Waals surface area (Å²) >= 11 is 0. The highest BCUT2D eigenvalue weighted by atomic mass is 14.1. The van der Waals surface area contributed by atoms with Crippen LogP contribution in [0.4, 0.5) is 0 Å². The molecule has 0 saturated heterocycles. The van der Waals surface area contributed by atoms with Crippen molar-refractivity contribution in [3.63, 3.8) is 0 Å². The molecule has 0 heteroatoms. The van der Waals surface area contributed by atoms with Crippen molar-refractivity contribution in [3.05, 3.63) is 47.5 Å². The number of aryl methyl sites for hydroxylation is 1. The van der Waals surface area contributed by atoms with Crippen molar-refractivity contribution >= 4 is 11.1 Å². The lowest BCUT2D eigenvalue weighted by atomic mass is 9.95. The first-order chi connectivity index (χ1) is 6.56. The molecule has 0 atom stereocenters. The van der Waals surface area contributed by atoms with Gasteiger partial charge in [-0.2, -0.15) is 0 Å². The van der Waals surface area contributed by atoms with Crippen molar-refractivity contribution in [1.29, 1.82) is 0 Å². The van der Waals surface area contributed by atoms with E-state index >= 15 is 0 Å². The predicted octanol–water partition coefficient (Wildman–Crippen LogP) is 4.45. The minimum Gasteiger partial charge on any atom is -0.0955 e. The molecule has 0 saturated carbocycles. The summed E-state index contributed by atoms with van der Waals surface area (Å²) in [4.78, 5) is 0. The second-order valence-corrected chi connectivity index (χ2v) is 3.80. The lowest BCUT2D eigenvalue weighted by Crippen LogP contribution is -1.90. The zero-order valence-electron chi connectivity index (χ0n) is 9.52. The Morgan fingerprint density at radius 2 is 1.86 bits per heavy atom. The van der Waals surface area contributed by atoms with Gasteiger partial charge in [0.15, 0.2) is 0 Å². The molecule has 0 spiro atoms. The largest absolute Gasteiger partial charge is 0.0955 e. The number of hydrogen-bond donors (Lipinski definition) is 0. The van der Waals surface area contributed by atoms with Gasteiger partial charge in [-0.1, -0.05) is 42.0 Å². The van der Waals surface area contributed by atoms with Gasteiger partial charge in [-0.15, -0.1) is 0 Å². The summed E-state index contributed by atoms with van der Waals surface area (Å²) in [5.74, 6) is 0. The SMILES string of the molecule is C=C(C)c1ccc(C)cc1/C(C)=C\C. The maximum Gasteiger partial charge on any atom is -0.0153 e. The van der Waals surface area contributed by atoms with Gasteiger partial charge >= 0.3 is 0 Å². The molecule has 0 unspecified atom stereocenters. The van der Waals surface area contributed by atoms with E-state index in [1.165, 1.54) is 22.3 Å². The highest BCUT2D eigenvalue weighted by Crippen LogP contribution is 2.25. The monoisotopic (exact) mass is 186 g/mol. The van der Waals surface area contributed by atoms with Crippen LogP contribution in [0, 0.1) is 6.92 Å². The highest BCUT2D eigenvalue weighted by Gasteiger charge is 2.04. The molecule has 0 aliphatic heterocycles. The summed E-state index contributed by atoms with van der Waals surface area (Å²) in [7, 11) is 0. The Balaban J connectivity index is 3.37. The summed E-state index contributed by atoms with van der Waals surface area (Å²) in [5.41, 5.74) is 6.30. The smallest absolute Gasteiger partial charge is 0.0153 e. The first-order valence-electron chi connectivity index (χ1n) is 4.96. The van der Waals surface area contributed by atoms with Crippen LogP contribution in [-0.4, -0.2) is 0 Å². The zero-order valence-corrected chi connectivity index (χ0v) is 9.52. The van der Waals surface area contributed by atoms with Crippen molar-refractivity contribution in [3.8, 4) is 0 Å². The lowest BCUT2D eigenvalue weighted by Gasteiger charge is -2.10. The molecule has 0 aliphatic rings. The summed E-state index contributed by atoms with van der Waals surface area (Å²) in [6.45, 7) is 12.4. The lowest BCUT2D eigenvalue weighted by molar-refractivity contribution is 1.40. The van der Waals surface area contributed by atoms with Crippen LogP contribution < -0.4 is 0 Å².